The van der Waals surface area contributed by atoms with E-state index in [1.165, 1.54) is 6.07 Å². The smallest absolute Gasteiger partial charge is 0.258 e. The van der Waals surface area contributed by atoms with Gasteiger partial charge in [-0.2, -0.15) is 0 Å². The molecule has 0 unspecified atom stereocenters. The van der Waals surface area contributed by atoms with Gasteiger partial charge in [-0.1, -0.05) is 24.3 Å². The highest BCUT2D eigenvalue weighted by Crippen LogP contribution is 2.31. The predicted molar refractivity (Wildman–Crippen MR) is 108 cm³/mol. The van der Waals surface area contributed by atoms with Crippen LogP contribution in [0, 0.1) is 18.7 Å². The first-order valence-corrected chi connectivity index (χ1v) is 9.51. The van der Waals surface area contributed by atoms with Crippen molar-refractivity contribution in [3.8, 4) is 5.88 Å². The zero-order valence-electron chi connectivity index (χ0n) is 16.6. The van der Waals surface area contributed by atoms with E-state index < -0.39 is 0 Å². The van der Waals surface area contributed by atoms with Gasteiger partial charge >= 0.3 is 0 Å². The van der Waals surface area contributed by atoms with E-state index in [2.05, 4.69) is 20.9 Å². The fraction of sp³-hybridized carbons (Fsp3) is 0.455. The Morgan fingerprint density at radius 2 is 1.96 bits per heavy atom. The largest absolute Gasteiger partial charge is 0.469 e. The van der Waals surface area contributed by atoms with Gasteiger partial charge in [-0.25, -0.2) is 14.4 Å². The summed E-state index contributed by atoms with van der Waals surface area (Å²) in [5.41, 5.74) is 1.48. The predicted octanol–water partition coefficient (Wildman–Crippen LogP) is 5.03. The van der Waals surface area contributed by atoms with Crippen LogP contribution in [0.1, 0.15) is 44.9 Å². The van der Waals surface area contributed by atoms with E-state index in [0.717, 1.165) is 43.0 Å². The molecular formula is C22H28FN3O. The van der Waals surface area contributed by atoms with Crippen LogP contribution < -0.4 is 9.64 Å². The number of benzene rings is 1. The van der Waals surface area contributed by atoms with E-state index >= 15 is 0 Å². The third-order valence-corrected chi connectivity index (χ3v) is 4.49. The Kier molecular flexibility index (Phi) is 5.78. The lowest BCUT2D eigenvalue weighted by molar-refractivity contribution is 0.124. The number of aryl methyl sites for hydroxylation is 1. The number of aromatic nitrogens is 2. The molecule has 1 aliphatic rings. The molecule has 1 saturated heterocycles. The van der Waals surface area contributed by atoms with Crippen LogP contribution >= 0.6 is 0 Å². The minimum Gasteiger partial charge on any atom is -0.469 e. The maximum absolute atomic E-state index is 13.3. The third kappa shape index (κ3) is 5.52. The average Bonchev–Trinajstić information content (AvgIpc) is 2.61. The number of ether oxygens (including phenoxy) is 1. The number of halogens is 1. The average molecular weight is 369 g/mol. The second kappa shape index (κ2) is 8.07. The molecule has 2 aromatic rings. The van der Waals surface area contributed by atoms with Crippen LogP contribution in [-0.4, -0.2) is 28.7 Å². The molecule has 27 heavy (non-hydrogen) atoms. The molecule has 0 atom stereocenters. The molecule has 1 aromatic carbocycles. The summed E-state index contributed by atoms with van der Waals surface area (Å²) < 4.78 is 19.3. The number of allylic oxidation sites excluding steroid dienone is 1. The van der Waals surface area contributed by atoms with E-state index in [1.807, 2.05) is 39.8 Å². The van der Waals surface area contributed by atoms with Crippen LogP contribution in [0.5, 0.6) is 5.88 Å². The Morgan fingerprint density at radius 3 is 2.63 bits per heavy atom. The van der Waals surface area contributed by atoms with Gasteiger partial charge in [0, 0.05) is 13.1 Å². The Labute approximate surface area is 161 Å². The molecular weight excluding hydrogens is 341 g/mol. The minimum absolute atomic E-state index is 0.198. The number of hydrogen-bond acceptors (Lipinski definition) is 4. The van der Waals surface area contributed by atoms with Crippen molar-refractivity contribution in [3.63, 3.8) is 0 Å². The van der Waals surface area contributed by atoms with E-state index in [-0.39, 0.29) is 11.4 Å². The zero-order chi connectivity index (χ0) is 19.4. The van der Waals surface area contributed by atoms with Gasteiger partial charge in [-0.3, -0.25) is 0 Å². The first-order chi connectivity index (χ1) is 12.8. The molecule has 2 heterocycles. The normalized spacial score (nSPS) is 16.1. The standard InChI is InChI=1S/C22H28FN3O/c1-16-15-24-21(27-22(2,3)4)20(25-16)26-12-10-17(11-13-26)8-9-18-6-5-7-19(23)14-18/h5-9,14-15,17H,10-13H2,1-4H3/b9-8+. The second-order valence-electron chi connectivity index (χ2n) is 8.09. The monoisotopic (exact) mass is 369 g/mol. The molecule has 1 aliphatic heterocycles. The molecule has 0 bridgehead atoms. The Hall–Kier alpha value is -2.43. The molecule has 0 radical (unpaired) electrons. The molecule has 4 nitrogen and oxygen atoms in total. The third-order valence-electron chi connectivity index (χ3n) is 4.49. The SMILES string of the molecule is Cc1cnc(OC(C)(C)C)c(N2CCC(/C=C/c3cccc(F)c3)CC2)n1. The first-order valence-electron chi connectivity index (χ1n) is 9.51. The van der Waals surface area contributed by atoms with Crippen LogP contribution in [0.25, 0.3) is 6.08 Å². The topological polar surface area (TPSA) is 38.2 Å². The first kappa shape index (κ1) is 19.3. The van der Waals surface area contributed by atoms with Crippen molar-refractivity contribution in [2.75, 3.05) is 18.0 Å². The summed E-state index contributed by atoms with van der Waals surface area (Å²) >= 11 is 0. The van der Waals surface area contributed by atoms with E-state index in [1.54, 1.807) is 18.3 Å². The lowest BCUT2D eigenvalue weighted by Gasteiger charge is -2.33. The Morgan fingerprint density at radius 1 is 1.22 bits per heavy atom. The van der Waals surface area contributed by atoms with Crippen molar-refractivity contribution >= 4 is 11.9 Å². The highest BCUT2D eigenvalue weighted by Gasteiger charge is 2.24. The molecule has 5 heteroatoms. The zero-order valence-corrected chi connectivity index (χ0v) is 16.6. The van der Waals surface area contributed by atoms with Crippen LogP contribution in [-0.2, 0) is 0 Å². The number of nitrogens with zero attached hydrogens (tertiary/aromatic N) is 3. The van der Waals surface area contributed by atoms with Crippen LogP contribution in [0.15, 0.2) is 36.5 Å². The van der Waals surface area contributed by atoms with Crippen molar-refractivity contribution < 1.29 is 9.13 Å². The Bertz CT molecular complexity index is 805. The molecule has 144 valence electrons. The maximum Gasteiger partial charge on any atom is 0.258 e. The van der Waals surface area contributed by atoms with Crippen molar-refractivity contribution in [2.24, 2.45) is 5.92 Å². The van der Waals surface area contributed by atoms with Crippen molar-refractivity contribution in [3.05, 3.63) is 53.6 Å². The lowest BCUT2D eigenvalue weighted by atomic mass is 9.95. The molecule has 0 spiro atoms. The van der Waals surface area contributed by atoms with Crippen LogP contribution in [0.4, 0.5) is 10.2 Å². The second-order valence-corrected chi connectivity index (χ2v) is 8.09. The van der Waals surface area contributed by atoms with Gasteiger partial charge in [0.15, 0.2) is 5.82 Å². The van der Waals surface area contributed by atoms with Crippen molar-refractivity contribution in [1.29, 1.82) is 0 Å². The highest BCUT2D eigenvalue weighted by atomic mass is 19.1. The Balaban J connectivity index is 1.66. The number of anilines is 1. The molecule has 1 aromatic heterocycles. The number of piperidine rings is 1. The summed E-state index contributed by atoms with van der Waals surface area (Å²) in [5.74, 6) is 1.71. The van der Waals surface area contributed by atoms with E-state index in [4.69, 9.17) is 4.74 Å². The van der Waals surface area contributed by atoms with Gasteiger partial charge in [0.1, 0.15) is 11.4 Å². The summed E-state index contributed by atoms with van der Waals surface area (Å²) in [5, 5.41) is 0. The van der Waals surface area contributed by atoms with Crippen LogP contribution in [0.2, 0.25) is 0 Å². The van der Waals surface area contributed by atoms with E-state index in [9.17, 15) is 4.39 Å². The van der Waals surface area contributed by atoms with Gasteiger partial charge in [0.25, 0.3) is 5.88 Å². The number of rotatable bonds is 4. The summed E-state index contributed by atoms with van der Waals surface area (Å²) in [6.07, 6.45) is 8.01. The van der Waals surface area contributed by atoms with Crippen LogP contribution in [0.3, 0.4) is 0 Å². The molecule has 0 amide bonds. The maximum atomic E-state index is 13.3. The van der Waals surface area contributed by atoms with E-state index in [0.29, 0.717) is 11.8 Å². The summed E-state index contributed by atoms with van der Waals surface area (Å²) in [6, 6.07) is 6.69. The summed E-state index contributed by atoms with van der Waals surface area (Å²) in [7, 11) is 0. The molecule has 0 N–H and O–H groups in total. The molecule has 3 rings (SSSR count). The molecule has 0 aliphatic carbocycles. The van der Waals surface area contributed by atoms with Gasteiger partial charge in [-0.05, 0) is 64.2 Å². The van der Waals surface area contributed by atoms with Gasteiger partial charge in [0.05, 0.1) is 11.9 Å². The fourth-order valence-electron chi connectivity index (χ4n) is 3.18. The molecule has 1 fully saturated rings. The minimum atomic E-state index is -0.315. The summed E-state index contributed by atoms with van der Waals surface area (Å²) in [4.78, 5) is 11.4. The summed E-state index contributed by atoms with van der Waals surface area (Å²) in [6.45, 7) is 9.80. The van der Waals surface area contributed by atoms with Crippen molar-refractivity contribution in [1.82, 2.24) is 9.97 Å². The highest BCUT2D eigenvalue weighted by molar-refractivity contribution is 5.51. The van der Waals surface area contributed by atoms with Gasteiger partial charge in [0.2, 0.25) is 0 Å². The lowest BCUT2D eigenvalue weighted by Crippen LogP contribution is -2.35. The number of hydrogen-bond donors (Lipinski definition) is 0. The molecule has 0 saturated carbocycles. The quantitative estimate of drug-likeness (QED) is 0.757. The van der Waals surface area contributed by atoms with Crippen molar-refractivity contribution in [2.45, 2.75) is 46.1 Å². The fourth-order valence-corrected chi connectivity index (χ4v) is 3.18. The van der Waals surface area contributed by atoms with Gasteiger partial charge in [-0.15, -0.1) is 0 Å². The van der Waals surface area contributed by atoms with Gasteiger partial charge < -0.3 is 9.64 Å².